The van der Waals surface area contributed by atoms with E-state index in [4.69, 9.17) is 9.47 Å². The summed E-state index contributed by atoms with van der Waals surface area (Å²) < 4.78 is 13.3. The molecule has 1 aromatic carbocycles. The zero-order chi connectivity index (χ0) is 27.6. The largest absolute Gasteiger partial charge is 0.497 e. The zero-order valence-electron chi connectivity index (χ0n) is 24.1. The summed E-state index contributed by atoms with van der Waals surface area (Å²) in [6.07, 6.45) is 5.92. The van der Waals surface area contributed by atoms with Crippen LogP contribution >= 0.6 is 0 Å². The molecule has 1 atom stereocenters. The third-order valence-electron chi connectivity index (χ3n) is 8.08. The number of hydrogen-bond acceptors (Lipinski definition) is 5. The number of likely N-dealkylation sites (N-methyl/N-ethyl adjacent to an activating group) is 1. The van der Waals surface area contributed by atoms with Gasteiger partial charge in [-0.15, -0.1) is 6.58 Å². The van der Waals surface area contributed by atoms with Crippen LogP contribution in [0.5, 0.6) is 11.5 Å². The Hall–Kier alpha value is -3.26. The summed E-state index contributed by atoms with van der Waals surface area (Å²) >= 11 is 0. The van der Waals surface area contributed by atoms with Gasteiger partial charge >= 0.3 is 6.03 Å². The summed E-state index contributed by atoms with van der Waals surface area (Å²) in [7, 11) is 5.38. The van der Waals surface area contributed by atoms with Gasteiger partial charge in [-0.2, -0.15) is 5.10 Å². The molecule has 3 aliphatic heterocycles. The van der Waals surface area contributed by atoms with E-state index < -0.39 is 0 Å². The molecule has 0 unspecified atom stereocenters. The topological polar surface area (TPSA) is 63.1 Å². The van der Waals surface area contributed by atoms with Crippen LogP contribution in [-0.2, 0) is 20.1 Å². The molecule has 2 aromatic rings. The van der Waals surface area contributed by atoms with E-state index in [1.807, 2.05) is 36.5 Å². The fourth-order valence-corrected chi connectivity index (χ4v) is 6.39. The molecule has 2 amide bonds. The maximum Gasteiger partial charge on any atom is 0.325 e. The Morgan fingerprint density at radius 2 is 1.87 bits per heavy atom. The monoisotopic (exact) mass is 521 g/mol. The Morgan fingerprint density at radius 3 is 2.42 bits per heavy atom. The van der Waals surface area contributed by atoms with Crippen LogP contribution in [0.2, 0.25) is 0 Å². The lowest BCUT2D eigenvalue weighted by Gasteiger charge is -2.44. The second-order valence-electron chi connectivity index (χ2n) is 10.5. The van der Waals surface area contributed by atoms with Crippen LogP contribution in [0.4, 0.5) is 4.79 Å². The van der Waals surface area contributed by atoms with Crippen molar-refractivity contribution in [3.05, 3.63) is 65.1 Å². The van der Waals surface area contributed by atoms with Crippen LogP contribution in [0.25, 0.3) is 0 Å². The second-order valence-corrected chi connectivity index (χ2v) is 10.5. The van der Waals surface area contributed by atoms with Crippen LogP contribution in [-0.4, -0.2) is 69.9 Å². The van der Waals surface area contributed by atoms with Gasteiger partial charge in [-0.25, -0.2) is 4.79 Å². The molecule has 3 aliphatic rings. The highest BCUT2D eigenvalue weighted by atomic mass is 16.5. The van der Waals surface area contributed by atoms with E-state index in [1.54, 1.807) is 20.3 Å². The number of urea groups is 1. The molecule has 38 heavy (non-hydrogen) atoms. The zero-order valence-corrected chi connectivity index (χ0v) is 24.1. The van der Waals surface area contributed by atoms with Crippen LogP contribution in [0.3, 0.4) is 0 Å². The van der Waals surface area contributed by atoms with E-state index in [9.17, 15) is 4.79 Å². The number of amides is 2. The van der Waals surface area contributed by atoms with Crippen molar-refractivity contribution in [2.75, 3.05) is 33.9 Å². The number of hydrogen-bond donors (Lipinski definition) is 0. The normalized spacial score (nSPS) is 20.2. The minimum Gasteiger partial charge on any atom is -0.497 e. The summed E-state index contributed by atoms with van der Waals surface area (Å²) in [5, 5.41) is 4.50. The minimum absolute atomic E-state index is 0.108. The van der Waals surface area contributed by atoms with Gasteiger partial charge in [0, 0.05) is 56.5 Å². The van der Waals surface area contributed by atoms with Crippen LogP contribution < -0.4 is 9.47 Å². The molecule has 4 heterocycles. The standard InChI is InChI=1S/C27H37N5O3.C3H6/c1-7-32-26(33)31-16-20-14-22(34-5)15-23(35-6)25(20)18(2)12-24(31)27(32)8-10-30(11-9-27)17-21-13-19(3)28-29(21)4;1-3-2/h12-15,18H,7-11,16-17H2,1-6H3;3H,1H2,2H3/t18-;/m0./s1. The van der Waals surface area contributed by atoms with E-state index in [2.05, 4.69) is 53.5 Å². The Kier molecular flexibility index (Phi) is 8.21. The van der Waals surface area contributed by atoms with Crippen molar-refractivity contribution >= 4 is 6.03 Å². The van der Waals surface area contributed by atoms with E-state index >= 15 is 0 Å². The molecule has 8 heteroatoms. The molecule has 0 radical (unpaired) electrons. The van der Waals surface area contributed by atoms with Crippen molar-refractivity contribution in [3.63, 3.8) is 0 Å². The van der Waals surface area contributed by atoms with Crippen LogP contribution in [0, 0.1) is 6.92 Å². The third kappa shape index (κ3) is 4.82. The first-order chi connectivity index (χ1) is 18.2. The highest BCUT2D eigenvalue weighted by Gasteiger charge is 2.54. The number of allylic oxidation sites excluding steroid dienone is 2. The Balaban J connectivity index is 0.00000107. The molecule has 0 bridgehead atoms. The number of benzene rings is 1. The molecule has 1 aromatic heterocycles. The Bertz CT molecular complexity index is 1210. The van der Waals surface area contributed by atoms with Crippen molar-refractivity contribution in [1.29, 1.82) is 0 Å². The van der Waals surface area contributed by atoms with Gasteiger partial charge in [0.25, 0.3) is 0 Å². The molecular weight excluding hydrogens is 478 g/mol. The van der Waals surface area contributed by atoms with Crippen molar-refractivity contribution in [1.82, 2.24) is 24.5 Å². The maximum absolute atomic E-state index is 13.8. The second kappa shape index (κ2) is 11.2. The van der Waals surface area contributed by atoms with Crippen molar-refractivity contribution < 1.29 is 14.3 Å². The fourth-order valence-electron chi connectivity index (χ4n) is 6.39. The summed E-state index contributed by atoms with van der Waals surface area (Å²) in [6.45, 7) is 15.6. The molecule has 0 saturated carbocycles. The van der Waals surface area contributed by atoms with E-state index in [0.29, 0.717) is 13.1 Å². The molecular formula is C30H43N5O3. The number of carbonyl (C=O) groups excluding carboxylic acids is 1. The van der Waals surface area contributed by atoms with Gasteiger partial charge in [0.05, 0.1) is 37.7 Å². The van der Waals surface area contributed by atoms with E-state index in [1.165, 1.54) is 5.69 Å². The minimum atomic E-state index is -0.266. The number of carbonyl (C=O) groups is 1. The number of ether oxygens (including phenoxy) is 2. The predicted molar refractivity (Wildman–Crippen MR) is 150 cm³/mol. The van der Waals surface area contributed by atoms with Crippen molar-refractivity contribution in [3.8, 4) is 11.5 Å². The molecule has 2 saturated heterocycles. The molecule has 1 spiro atoms. The molecule has 8 nitrogen and oxygen atoms in total. The van der Waals surface area contributed by atoms with Gasteiger partial charge < -0.3 is 14.4 Å². The lowest BCUT2D eigenvalue weighted by atomic mass is 9.82. The SMILES string of the molecule is C=CC.CCN1C(=O)N2Cc3cc(OC)cc(OC)c3[C@@H](C)C=C2C12CCN(Cc1cc(C)nn1C)CC2. The maximum atomic E-state index is 13.8. The smallest absolute Gasteiger partial charge is 0.325 e. The van der Waals surface area contributed by atoms with Crippen LogP contribution in [0.1, 0.15) is 62.0 Å². The summed E-state index contributed by atoms with van der Waals surface area (Å²) in [5.41, 5.74) is 5.40. The molecule has 2 fully saturated rings. The number of rotatable bonds is 5. The quantitative estimate of drug-likeness (QED) is 0.504. The fraction of sp³-hybridized carbons (Fsp3) is 0.533. The number of fused-ring (bicyclic) bond motifs is 3. The lowest BCUT2D eigenvalue weighted by molar-refractivity contribution is 0.0876. The third-order valence-corrected chi connectivity index (χ3v) is 8.08. The first-order valence-electron chi connectivity index (χ1n) is 13.6. The van der Waals surface area contributed by atoms with Gasteiger partial charge in [0.2, 0.25) is 0 Å². The van der Waals surface area contributed by atoms with E-state index in [-0.39, 0.29) is 17.5 Å². The lowest BCUT2D eigenvalue weighted by Crippen LogP contribution is -2.53. The van der Waals surface area contributed by atoms with Gasteiger partial charge in [-0.3, -0.25) is 14.5 Å². The number of aromatic nitrogens is 2. The molecule has 0 aliphatic carbocycles. The molecule has 0 N–H and O–H groups in total. The van der Waals surface area contributed by atoms with E-state index in [0.717, 1.165) is 66.5 Å². The van der Waals surface area contributed by atoms with Crippen LogP contribution in [0.15, 0.2) is 42.6 Å². The molecule has 206 valence electrons. The van der Waals surface area contributed by atoms with Crippen molar-refractivity contribution in [2.24, 2.45) is 7.05 Å². The van der Waals surface area contributed by atoms with Gasteiger partial charge in [-0.1, -0.05) is 19.1 Å². The van der Waals surface area contributed by atoms with Gasteiger partial charge in [0.15, 0.2) is 0 Å². The predicted octanol–water partition coefficient (Wildman–Crippen LogP) is 5.23. The highest BCUT2D eigenvalue weighted by molar-refractivity contribution is 5.83. The van der Waals surface area contributed by atoms with Gasteiger partial charge in [-0.05, 0) is 51.3 Å². The summed E-state index contributed by atoms with van der Waals surface area (Å²) in [5.74, 6) is 1.70. The average Bonchev–Trinajstić information content (AvgIpc) is 3.24. The number of methoxy groups -OCH3 is 2. The number of piperidine rings is 1. The highest BCUT2D eigenvalue weighted by Crippen LogP contribution is 2.49. The Morgan fingerprint density at radius 1 is 1.18 bits per heavy atom. The van der Waals surface area contributed by atoms with Crippen molar-refractivity contribution in [2.45, 2.75) is 65.1 Å². The number of nitrogens with zero attached hydrogens (tertiary/aromatic N) is 5. The first-order valence-corrected chi connectivity index (χ1v) is 13.6. The first kappa shape index (κ1) is 27.8. The summed E-state index contributed by atoms with van der Waals surface area (Å²) in [4.78, 5) is 20.4. The van der Waals surface area contributed by atoms with Gasteiger partial charge in [0.1, 0.15) is 11.5 Å². The number of likely N-dealkylation sites (tertiary alicyclic amines) is 1. The average molecular weight is 522 g/mol. The Labute approximate surface area is 227 Å². The summed E-state index contributed by atoms with van der Waals surface area (Å²) in [6, 6.07) is 6.27. The number of aryl methyl sites for hydroxylation is 2. The molecule has 5 rings (SSSR count).